The third-order valence-corrected chi connectivity index (χ3v) is 3.30. The van der Waals surface area contributed by atoms with Crippen molar-refractivity contribution >= 4 is 5.91 Å². The molecule has 3 nitrogen and oxygen atoms in total. The van der Waals surface area contributed by atoms with Crippen LogP contribution in [0.15, 0.2) is 24.3 Å². The summed E-state index contributed by atoms with van der Waals surface area (Å²) in [5.41, 5.74) is 2.49. The van der Waals surface area contributed by atoms with Gasteiger partial charge in [0.2, 0.25) is 5.91 Å². The van der Waals surface area contributed by atoms with Gasteiger partial charge in [-0.2, -0.15) is 0 Å². The lowest BCUT2D eigenvalue weighted by atomic mass is 10.1. The number of morpholine rings is 1. The van der Waals surface area contributed by atoms with E-state index in [-0.39, 0.29) is 12.0 Å². The van der Waals surface area contributed by atoms with Gasteiger partial charge < -0.3 is 9.64 Å². The Bertz CT molecular complexity index is 417. The number of rotatable bonds is 3. The highest BCUT2D eigenvalue weighted by Crippen LogP contribution is 2.10. The molecule has 1 aromatic carbocycles. The molecule has 0 aliphatic carbocycles. The molecule has 1 atom stereocenters. The van der Waals surface area contributed by atoms with Crippen LogP contribution < -0.4 is 0 Å². The van der Waals surface area contributed by atoms with Crippen molar-refractivity contribution in [1.82, 2.24) is 4.90 Å². The molecule has 0 saturated carbocycles. The fraction of sp³-hybridized carbons (Fsp3) is 0.533. The minimum Gasteiger partial charge on any atom is -0.375 e. The standard InChI is InChI=1S/C15H21NO2/c1-12-4-3-5-14(10-12)6-7-15(17)16-8-9-18-13(2)11-16/h3-5,10,13H,6-9,11H2,1-2H3. The summed E-state index contributed by atoms with van der Waals surface area (Å²) in [7, 11) is 0. The van der Waals surface area contributed by atoms with Crippen LogP contribution in [0.1, 0.15) is 24.5 Å². The molecule has 1 saturated heterocycles. The van der Waals surface area contributed by atoms with Gasteiger partial charge in [0, 0.05) is 19.5 Å². The zero-order valence-electron chi connectivity index (χ0n) is 11.2. The van der Waals surface area contributed by atoms with E-state index in [1.165, 1.54) is 11.1 Å². The summed E-state index contributed by atoms with van der Waals surface area (Å²) >= 11 is 0. The summed E-state index contributed by atoms with van der Waals surface area (Å²) in [5.74, 6) is 0.242. The summed E-state index contributed by atoms with van der Waals surface area (Å²) < 4.78 is 5.44. The van der Waals surface area contributed by atoms with Crippen LogP contribution in [0.3, 0.4) is 0 Å². The number of benzene rings is 1. The molecule has 0 aromatic heterocycles. The Kier molecular flexibility index (Phi) is 4.37. The van der Waals surface area contributed by atoms with E-state index >= 15 is 0 Å². The van der Waals surface area contributed by atoms with E-state index in [0.29, 0.717) is 13.0 Å². The maximum atomic E-state index is 12.1. The van der Waals surface area contributed by atoms with Gasteiger partial charge in [-0.25, -0.2) is 0 Å². The zero-order chi connectivity index (χ0) is 13.0. The Labute approximate surface area is 109 Å². The fourth-order valence-electron chi connectivity index (χ4n) is 2.32. The minimum atomic E-state index is 0.168. The van der Waals surface area contributed by atoms with Gasteiger partial charge in [0.25, 0.3) is 0 Å². The van der Waals surface area contributed by atoms with Crippen LogP contribution in [-0.2, 0) is 16.0 Å². The number of hydrogen-bond acceptors (Lipinski definition) is 2. The highest BCUT2D eigenvalue weighted by molar-refractivity contribution is 5.76. The molecule has 1 aliphatic heterocycles. The maximum Gasteiger partial charge on any atom is 0.223 e. The van der Waals surface area contributed by atoms with Crippen LogP contribution in [0.2, 0.25) is 0 Å². The van der Waals surface area contributed by atoms with Crippen molar-refractivity contribution in [1.29, 1.82) is 0 Å². The smallest absolute Gasteiger partial charge is 0.223 e. The van der Waals surface area contributed by atoms with Crippen molar-refractivity contribution in [3.8, 4) is 0 Å². The lowest BCUT2D eigenvalue weighted by Gasteiger charge is -2.31. The zero-order valence-corrected chi connectivity index (χ0v) is 11.2. The average molecular weight is 247 g/mol. The van der Waals surface area contributed by atoms with Gasteiger partial charge in [-0.1, -0.05) is 29.8 Å². The number of amides is 1. The molecule has 1 amide bonds. The van der Waals surface area contributed by atoms with Gasteiger partial charge in [-0.05, 0) is 25.8 Å². The molecule has 18 heavy (non-hydrogen) atoms. The van der Waals surface area contributed by atoms with Crippen molar-refractivity contribution in [3.05, 3.63) is 35.4 Å². The number of aryl methyl sites for hydroxylation is 2. The fourth-order valence-corrected chi connectivity index (χ4v) is 2.32. The summed E-state index contributed by atoms with van der Waals surface area (Å²) in [6.07, 6.45) is 1.59. The first-order valence-electron chi connectivity index (χ1n) is 6.60. The second-order valence-electron chi connectivity index (χ2n) is 5.01. The molecule has 0 bridgehead atoms. The second-order valence-corrected chi connectivity index (χ2v) is 5.01. The third kappa shape index (κ3) is 3.57. The normalized spacial score (nSPS) is 19.9. The van der Waals surface area contributed by atoms with Gasteiger partial charge in [0.1, 0.15) is 0 Å². The molecule has 1 aromatic rings. The monoisotopic (exact) mass is 247 g/mol. The van der Waals surface area contributed by atoms with Crippen LogP contribution in [0.5, 0.6) is 0 Å². The molecule has 3 heteroatoms. The molecular formula is C15H21NO2. The second kappa shape index (κ2) is 6.01. The van der Waals surface area contributed by atoms with E-state index in [0.717, 1.165) is 19.5 Å². The molecule has 1 heterocycles. The summed E-state index contributed by atoms with van der Waals surface area (Å²) in [6.45, 7) is 6.22. The lowest BCUT2D eigenvalue weighted by molar-refractivity contribution is -0.138. The van der Waals surface area contributed by atoms with Gasteiger partial charge in [-0.3, -0.25) is 4.79 Å². The number of hydrogen-bond donors (Lipinski definition) is 0. The van der Waals surface area contributed by atoms with Crippen LogP contribution in [0.4, 0.5) is 0 Å². The predicted octanol–water partition coefficient (Wildman–Crippen LogP) is 2.17. The van der Waals surface area contributed by atoms with Crippen molar-refractivity contribution in [2.24, 2.45) is 0 Å². The van der Waals surface area contributed by atoms with Crippen LogP contribution in [0.25, 0.3) is 0 Å². The Balaban J connectivity index is 1.84. The van der Waals surface area contributed by atoms with E-state index in [1.54, 1.807) is 0 Å². The summed E-state index contributed by atoms with van der Waals surface area (Å²) in [5, 5.41) is 0. The highest BCUT2D eigenvalue weighted by atomic mass is 16.5. The molecule has 98 valence electrons. The number of ether oxygens (including phenoxy) is 1. The van der Waals surface area contributed by atoms with E-state index < -0.39 is 0 Å². The van der Waals surface area contributed by atoms with Crippen LogP contribution in [-0.4, -0.2) is 36.6 Å². The highest BCUT2D eigenvalue weighted by Gasteiger charge is 2.20. The third-order valence-electron chi connectivity index (χ3n) is 3.30. The Morgan fingerprint density at radius 1 is 1.50 bits per heavy atom. The molecule has 1 aliphatic rings. The number of carbonyl (C=O) groups excluding carboxylic acids is 1. The van der Waals surface area contributed by atoms with Gasteiger partial charge in [0.05, 0.1) is 12.7 Å². The number of carbonyl (C=O) groups is 1. The first-order chi connectivity index (χ1) is 8.65. The average Bonchev–Trinajstić information content (AvgIpc) is 2.36. The quantitative estimate of drug-likeness (QED) is 0.819. The van der Waals surface area contributed by atoms with E-state index in [2.05, 4.69) is 25.1 Å². The predicted molar refractivity (Wildman–Crippen MR) is 71.5 cm³/mol. The van der Waals surface area contributed by atoms with Crippen molar-refractivity contribution < 1.29 is 9.53 Å². The molecular weight excluding hydrogens is 226 g/mol. The van der Waals surface area contributed by atoms with Crippen molar-refractivity contribution in [2.75, 3.05) is 19.7 Å². The van der Waals surface area contributed by atoms with Gasteiger partial charge >= 0.3 is 0 Å². The topological polar surface area (TPSA) is 29.5 Å². The van der Waals surface area contributed by atoms with Crippen molar-refractivity contribution in [2.45, 2.75) is 32.8 Å². The molecule has 1 fully saturated rings. The van der Waals surface area contributed by atoms with Crippen LogP contribution >= 0.6 is 0 Å². The Morgan fingerprint density at radius 3 is 3.06 bits per heavy atom. The first-order valence-corrected chi connectivity index (χ1v) is 6.60. The SMILES string of the molecule is Cc1cccc(CCC(=O)N2CCOC(C)C2)c1. The van der Waals surface area contributed by atoms with Crippen molar-refractivity contribution in [3.63, 3.8) is 0 Å². The van der Waals surface area contributed by atoms with E-state index in [9.17, 15) is 4.79 Å². The first kappa shape index (κ1) is 13.1. The summed E-state index contributed by atoms with van der Waals surface area (Å²) in [4.78, 5) is 14.0. The van der Waals surface area contributed by atoms with E-state index in [4.69, 9.17) is 4.74 Å². The van der Waals surface area contributed by atoms with E-state index in [1.807, 2.05) is 17.9 Å². The van der Waals surface area contributed by atoms with Gasteiger partial charge in [-0.15, -0.1) is 0 Å². The molecule has 1 unspecified atom stereocenters. The van der Waals surface area contributed by atoms with Crippen LogP contribution in [0, 0.1) is 6.92 Å². The maximum absolute atomic E-state index is 12.1. The molecule has 0 radical (unpaired) electrons. The van der Waals surface area contributed by atoms with Gasteiger partial charge in [0.15, 0.2) is 0 Å². The molecule has 2 rings (SSSR count). The lowest BCUT2D eigenvalue weighted by Crippen LogP contribution is -2.44. The summed E-state index contributed by atoms with van der Waals surface area (Å²) in [6, 6.07) is 8.36. The molecule has 0 N–H and O–H groups in total. The minimum absolute atomic E-state index is 0.168. The Hall–Kier alpha value is -1.35. The molecule has 0 spiro atoms. The largest absolute Gasteiger partial charge is 0.375 e. The Morgan fingerprint density at radius 2 is 2.33 bits per heavy atom. The number of nitrogens with zero attached hydrogens (tertiary/aromatic N) is 1.